The van der Waals surface area contributed by atoms with Crippen LogP contribution in [-0.4, -0.2) is 55.5 Å². The molecule has 2 aliphatic rings. The molecule has 6 heteroatoms. The molecule has 2 heterocycles. The summed E-state index contributed by atoms with van der Waals surface area (Å²) in [6.45, 7) is 5.80. The van der Waals surface area contributed by atoms with E-state index >= 15 is 0 Å². The van der Waals surface area contributed by atoms with E-state index in [4.69, 9.17) is 9.47 Å². The highest BCUT2D eigenvalue weighted by atomic mass is 16.5. The first-order valence-electron chi connectivity index (χ1n) is 10.5. The quantitative estimate of drug-likeness (QED) is 0.761. The Morgan fingerprint density at radius 3 is 2.40 bits per heavy atom. The van der Waals surface area contributed by atoms with E-state index in [2.05, 4.69) is 6.07 Å². The first kappa shape index (κ1) is 20.3. The Morgan fingerprint density at radius 1 is 1.07 bits per heavy atom. The lowest BCUT2D eigenvalue weighted by atomic mass is 9.75. The molecule has 0 aromatic heterocycles. The molecule has 2 atom stereocenters. The number of benzene rings is 2. The van der Waals surface area contributed by atoms with Gasteiger partial charge in [-0.3, -0.25) is 9.59 Å². The summed E-state index contributed by atoms with van der Waals surface area (Å²) < 4.78 is 10.9. The largest absolute Gasteiger partial charge is 0.493 e. The van der Waals surface area contributed by atoms with Crippen molar-refractivity contribution in [1.82, 2.24) is 9.80 Å². The zero-order valence-electron chi connectivity index (χ0n) is 18.0. The van der Waals surface area contributed by atoms with Crippen LogP contribution in [0.25, 0.3) is 0 Å². The fraction of sp³-hybridized carbons (Fsp3) is 0.417. The van der Waals surface area contributed by atoms with Gasteiger partial charge in [0.15, 0.2) is 11.5 Å². The van der Waals surface area contributed by atoms with Crippen LogP contribution in [0.1, 0.15) is 52.9 Å². The van der Waals surface area contributed by atoms with Crippen LogP contribution >= 0.6 is 0 Å². The minimum Gasteiger partial charge on any atom is -0.493 e. The van der Waals surface area contributed by atoms with Crippen molar-refractivity contribution in [2.75, 3.05) is 33.9 Å². The summed E-state index contributed by atoms with van der Waals surface area (Å²) in [4.78, 5) is 31.0. The fourth-order valence-electron chi connectivity index (χ4n) is 4.85. The summed E-state index contributed by atoms with van der Waals surface area (Å²) in [5.74, 6) is 0.508. The monoisotopic (exact) mass is 408 g/mol. The van der Waals surface area contributed by atoms with Gasteiger partial charge in [-0.05, 0) is 49.1 Å². The van der Waals surface area contributed by atoms with Gasteiger partial charge in [-0.2, -0.15) is 0 Å². The number of amides is 2. The molecule has 0 radical (unpaired) electrons. The number of hydrogen-bond donors (Lipinski definition) is 0. The number of carbonyl (C=O) groups is 2. The van der Waals surface area contributed by atoms with Crippen LogP contribution in [0.2, 0.25) is 0 Å². The second kappa shape index (κ2) is 8.01. The van der Waals surface area contributed by atoms with Gasteiger partial charge in [0.1, 0.15) is 0 Å². The molecule has 2 aromatic carbocycles. The van der Waals surface area contributed by atoms with Crippen LogP contribution in [-0.2, 0) is 11.2 Å². The molecule has 4 rings (SSSR count). The second-order valence-corrected chi connectivity index (χ2v) is 7.67. The normalized spacial score (nSPS) is 19.5. The van der Waals surface area contributed by atoms with Gasteiger partial charge in [0, 0.05) is 25.2 Å². The van der Waals surface area contributed by atoms with E-state index in [0.29, 0.717) is 42.3 Å². The number of likely N-dealkylation sites (N-methyl/N-ethyl adjacent to an activating group) is 1. The molecule has 2 amide bonds. The van der Waals surface area contributed by atoms with Crippen molar-refractivity contribution >= 4 is 11.8 Å². The highest BCUT2D eigenvalue weighted by Crippen LogP contribution is 2.48. The third-order valence-electron chi connectivity index (χ3n) is 6.37. The molecule has 0 spiro atoms. The van der Waals surface area contributed by atoms with E-state index in [1.165, 1.54) is 5.56 Å². The molecule has 2 aliphatic heterocycles. The van der Waals surface area contributed by atoms with Crippen molar-refractivity contribution in [3.63, 3.8) is 0 Å². The fourth-order valence-corrected chi connectivity index (χ4v) is 4.85. The maximum absolute atomic E-state index is 13.8. The van der Waals surface area contributed by atoms with Gasteiger partial charge in [-0.1, -0.05) is 24.3 Å². The second-order valence-electron chi connectivity index (χ2n) is 7.67. The summed E-state index contributed by atoms with van der Waals surface area (Å²) in [6.07, 6.45) is 0.785. The molecule has 6 nitrogen and oxygen atoms in total. The number of nitrogens with zero attached hydrogens (tertiary/aromatic N) is 2. The van der Waals surface area contributed by atoms with E-state index in [1.54, 1.807) is 20.3 Å². The van der Waals surface area contributed by atoms with E-state index in [9.17, 15) is 9.59 Å². The zero-order chi connectivity index (χ0) is 21.4. The molecule has 2 aromatic rings. The Kier molecular flexibility index (Phi) is 5.41. The highest BCUT2D eigenvalue weighted by Gasteiger charge is 2.47. The summed E-state index contributed by atoms with van der Waals surface area (Å²) >= 11 is 0. The third-order valence-corrected chi connectivity index (χ3v) is 6.37. The molecule has 0 N–H and O–H groups in total. The van der Waals surface area contributed by atoms with Gasteiger partial charge in [0.05, 0.1) is 26.2 Å². The zero-order valence-corrected chi connectivity index (χ0v) is 18.0. The van der Waals surface area contributed by atoms with Crippen LogP contribution in [0.4, 0.5) is 0 Å². The predicted molar refractivity (Wildman–Crippen MR) is 114 cm³/mol. The molecule has 0 saturated carbocycles. The smallest absolute Gasteiger partial charge is 0.254 e. The van der Waals surface area contributed by atoms with Gasteiger partial charge in [-0.25, -0.2) is 0 Å². The van der Waals surface area contributed by atoms with E-state index < -0.39 is 5.92 Å². The van der Waals surface area contributed by atoms with Crippen LogP contribution in [0.5, 0.6) is 11.5 Å². The molecular formula is C24H28N2O4. The van der Waals surface area contributed by atoms with E-state index in [0.717, 1.165) is 12.0 Å². The van der Waals surface area contributed by atoms with E-state index in [-0.39, 0.29) is 17.9 Å². The number of hydrogen-bond acceptors (Lipinski definition) is 4. The molecule has 0 bridgehead atoms. The molecule has 158 valence electrons. The van der Waals surface area contributed by atoms with Gasteiger partial charge in [0.2, 0.25) is 5.91 Å². The molecule has 0 aliphatic carbocycles. The topological polar surface area (TPSA) is 59.1 Å². The first-order valence-corrected chi connectivity index (χ1v) is 10.5. The average Bonchev–Trinajstić information content (AvgIpc) is 2.79. The van der Waals surface area contributed by atoms with Crippen LogP contribution in [0.3, 0.4) is 0 Å². The van der Waals surface area contributed by atoms with Crippen molar-refractivity contribution in [3.8, 4) is 11.5 Å². The standard InChI is InChI=1S/C24H28N2O4/c1-5-25(6-2)24(28)21-17-13-19(29-3)20(30-4)14-18(17)23(27)26-12-11-15-9-7-8-10-16(15)22(21)26/h7-10,13-14,21-22H,5-6,11-12H2,1-4H3/t21-,22+/m0/s1. The average molecular weight is 408 g/mol. The molecular weight excluding hydrogens is 380 g/mol. The number of rotatable bonds is 5. The van der Waals surface area contributed by atoms with Crippen molar-refractivity contribution in [2.45, 2.75) is 32.2 Å². The minimum atomic E-state index is -0.487. The minimum absolute atomic E-state index is 0.0349. The summed E-state index contributed by atoms with van der Waals surface area (Å²) in [6, 6.07) is 11.4. The summed E-state index contributed by atoms with van der Waals surface area (Å²) in [5.41, 5.74) is 3.50. The lowest BCUT2D eigenvalue weighted by molar-refractivity contribution is -0.134. The third kappa shape index (κ3) is 3.02. The van der Waals surface area contributed by atoms with Gasteiger partial charge < -0.3 is 19.3 Å². The van der Waals surface area contributed by atoms with Crippen molar-refractivity contribution in [2.24, 2.45) is 0 Å². The highest BCUT2D eigenvalue weighted by molar-refractivity contribution is 6.02. The Bertz CT molecular complexity index is 983. The maximum Gasteiger partial charge on any atom is 0.254 e. The SMILES string of the molecule is CCN(CC)C(=O)[C@H]1c2cc(OC)c(OC)cc2C(=O)N2CCc3ccccc3[C@H]12. The number of carbonyl (C=O) groups excluding carboxylic acids is 2. The van der Waals surface area contributed by atoms with Crippen molar-refractivity contribution in [3.05, 3.63) is 58.7 Å². The summed E-state index contributed by atoms with van der Waals surface area (Å²) in [5, 5.41) is 0. The Morgan fingerprint density at radius 2 is 1.73 bits per heavy atom. The van der Waals surface area contributed by atoms with Gasteiger partial charge >= 0.3 is 0 Å². The molecule has 0 unspecified atom stereocenters. The number of methoxy groups -OCH3 is 2. The summed E-state index contributed by atoms with van der Waals surface area (Å²) in [7, 11) is 3.12. The first-order chi connectivity index (χ1) is 14.5. The number of fused-ring (bicyclic) bond motifs is 4. The number of ether oxygens (including phenoxy) is 2. The molecule has 0 fully saturated rings. The lowest BCUT2D eigenvalue weighted by Crippen LogP contribution is -2.50. The molecule has 0 saturated heterocycles. The van der Waals surface area contributed by atoms with Crippen molar-refractivity contribution < 1.29 is 19.1 Å². The van der Waals surface area contributed by atoms with Crippen LogP contribution in [0.15, 0.2) is 36.4 Å². The maximum atomic E-state index is 13.8. The van der Waals surface area contributed by atoms with Crippen molar-refractivity contribution in [1.29, 1.82) is 0 Å². The van der Waals surface area contributed by atoms with Crippen LogP contribution < -0.4 is 9.47 Å². The lowest BCUT2D eigenvalue weighted by Gasteiger charge is -2.46. The molecule has 30 heavy (non-hydrogen) atoms. The van der Waals surface area contributed by atoms with Gasteiger partial charge in [0.25, 0.3) is 5.91 Å². The van der Waals surface area contributed by atoms with E-state index in [1.807, 2.05) is 47.9 Å². The Labute approximate surface area is 177 Å². The van der Waals surface area contributed by atoms with Gasteiger partial charge in [-0.15, -0.1) is 0 Å². The Balaban J connectivity index is 1.96. The van der Waals surface area contributed by atoms with Crippen LogP contribution in [0, 0.1) is 0 Å². The predicted octanol–water partition coefficient (Wildman–Crippen LogP) is 3.41. The Hall–Kier alpha value is -3.02.